The molecule has 0 atom stereocenters. The van der Waals surface area contributed by atoms with Crippen molar-refractivity contribution in [1.29, 1.82) is 0 Å². The lowest BCUT2D eigenvalue weighted by molar-refractivity contribution is -0.130. The molecule has 0 aliphatic carbocycles. The molecule has 0 saturated carbocycles. The number of anilines is 1. The summed E-state index contributed by atoms with van der Waals surface area (Å²) in [6.45, 7) is 0.0546. The number of amides is 3. The number of carbonyl (C=O) groups excluding carboxylic acids is 3. The fourth-order valence-electron chi connectivity index (χ4n) is 2.02. The quantitative estimate of drug-likeness (QED) is 0.850. The van der Waals surface area contributed by atoms with E-state index in [2.05, 4.69) is 5.32 Å². The van der Waals surface area contributed by atoms with Gasteiger partial charge in [0, 0.05) is 14.1 Å². The molecular weight excluding hydrogens is 286 g/mol. The Morgan fingerprint density at radius 2 is 2.05 bits per heavy atom. The van der Waals surface area contributed by atoms with Crippen molar-refractivity contribution < 1.29 is 19.1 Å². The summed E-state index contributed by atoms with van der Waals surface area (Å²) in [6.07, 6.45) is 0.207. The molecule has 0 saturated heterocycles. The number of fused-ring (bicyclic) bond motifs is 1. The zero-order valence-electron chi connectivity index (χ0n) is 12.7. The van der Waals surface area contributed by atoms with Crippen LogP contribution in [0, 0.1) is 0 Å². The zero-order chi connectivity index (χ0) is 16.1. The Hall–Kier alpha value is -2.57. The Morgan fingerprint density at radius 3 is 2.77 bits per heavy atom. The highest BCUT2D eigenvalue weighted by atomic mass is 16.5. The van der Waals surface area contributed by atoms with E-state index in [9.17, 15) is 14.4 Å². The lowest BCUT2D eigenvalue weighted by Gasteiger charge is -2.21. The largest absolute Gasteiger partial charge is 0.491 e. The van der Waals surface area contributed by atoms with Crippen molar-refractivity contribution >= 4 is 23.4 Å². The molecule has 7 nitrogen and oxygen atoms in total. The molecule has 1 heterocycles. The average Bonchev–Trinajstić information content (AvgIpc) is 2.65. The number of carbonyl (C=O) groups is 3. The molecule has 7 heteroatoms. The molecule has 0 spiro atoms. The van der Waals surface area contributed by atoms with Gasteiger partial charge in [0.1, 0.15) is 12.3 Å². The Morgan fingerprint density at radius 1 is 1.32 bits per heavy atom. The lowest BCUT2D eigenvalue weighted by atomic mass is 10.2. The first-order valence-corrected chi connectivity index (χ1v) is 6.98. The van der Waals surface area contributed by atoms with Crippen LogP contribution in [0.4, 0.5) is 5.69 Å². The number of para-hydroxylation sites is 2. The molecular formula is C15H19N3O4. The first-order chi connectivity index (χ1) is 10.5. The van der Waals surface area contributed by atoms with Crippen LogP contribution in [0.2, 0.25) is 0 Å². The SMILES string of the molecule is CN(C)C(=O)CNC(=O)CN1C(=O)CCOc2ccccc21. The van der Waals surface area contributed by atoms with Crippen LogP contribution in [0.25, 0.3) is 0 Å². The Bertz CT molecular complexity index is 586. The highest BCUT2D eigenvalue weighted by Gasteiger charge is 2.25. The van der Waals surface area contributed by atoms with Crippen molar-refractivity contribution in [3.63, 3.8) is 0 Å². The molecule has 0 unspecified atom stereocenters. The van der Waals surface area contributed by atoms with Crippen LogP contribution in [0.3, 0.4) is 0 Å². The van der Waals surface area contributed by atoms with E-state index in [-0.39, 0.29) is 43.8 Å². The second-order valence-corrected chi connectivity index (χ2v) is 5.11. The Labute approximate surface area is 128 Å². The van der Waals surface area contributed by atoms with Gasteiger partial charge in [-0.15, -0.1) is 0 Å². The van der Waals surface area contributed by atoms with Crippen LogP contribution >= 0.6 is 0 Å². The molecule has 3 amide bonds. The van der Waals surface area contributed by atoms with E-state index < -0.39 is 0 Å². The first-order valence-electron chi connectivity index (χ1n) is 6.98. The van der Waals surface area contributed by atoms with Crippen molar-refractivity contribution in [3.05, 3.63) is 24.3 Å². The van der Waals surface area contributed by atoms with Gasteiger partial charge in [-0.2, -0.15) is 0 Å². The Kier molecular flexibility index (Phi) is 4.98. The van der Waals surface area contributed by atoms with Crippen molar-refractivity contribution in [2.24, 2.45) is 0 Å². The maximum Gasteiger partial charge on any atom is 0.241 e. The van der Waals surface area contributed by atoms with Gasteiger partial charge in [-0.25, -0.2) is 0 Å². The first kappa shape index (κ1) is 15.8. The summed E-state index contributed by atoms with van der Waals surface area (Å²) < 4.78 is 5.51. The number of hydrogen-bond donors (Lipinski definition) is 1. The maximum absolute atomic E-state index is 12.1. The fourth-order valence-corrected chi connectivity index (χ4v) is 2.02. The average molecular weight is 305 g/mol. The number of hydrogen-bond acceptors (Lipinski definition) is 4. The van der Waals surface area contributed by atoms with Gasteiger partial charge in [-0.05, 0) is 12.1 Å². The number of ether oxygens (including phenoxy) is 1. The standard InChI is InChI=1S/C15H19N3O4/c1-17(2)15(21)9-16-13(19)10-18-11-5-3-4-6-12(11)22-8-7-14(18)20/h3-6H,7-10H2,1-2H3,(H,16,19). The van der Waals surface area contributed by atoms with Crippen LogP contribution < -0.4 is 15.0 Å². The smallest absolute Gasteiger partial charge is 0.241 e. The van der Waals surface area contributed by atoms with E-state index in [1.165, 1.54) is 9.80 Å². The van der Waals surface area contributed by atoms with Crippen LogP contribution in [-0.2, 0) is 14.4 Å². The summed E-state index contributed by atoms with van der Waals surface area (Å²) in [5.41, 5.74) is 0.569. The van der Waals surface area contributed by atoms with Gasteiger partial charge in [0.2, 0.25) is 17.7 Å². The molecule has 0 radical (unpaired) electrons. The Balaban J connectivity index is 2.05. The molecule has 1 aliphatic heterocycles. The second kappa shape index (κ2) is 6.93. The van der Waals surface area contributed by atoms with Crippen LogP contribution in [0.1, 0.15) is 6.42 Å². The number of likely N-dealkylation sites (N-methyl/N-ethyl adjacent to an activating group) is 1. The number of rotatable bonds is 4. The summed E-state index contributed by atoms with van der Waals surface area (Å²) in [5, 5.41) is 2.52. The third-order valence-corrected chi connectivity index (χ3v) is 3.27. The van der Waals surface area contributed by atoms with Crippen LogP contribution in [-0.4, -0.2) is 56.4 Å². The fraction of sp³-hybridized carbons (Fsp3) is 0.400. The topological polar surface area (TPSA) is 79.0 Å². The molecule has 0 aromatic heterocycles. The van der Waals surface area contributed by atoms with Gasteiger partial charge >= 0.3 is 0 Å². The third kappa shape index (κ3) is 3.75. The number of benzene rings is 1. The van der Waals surface area contributed by atoms with Gasteiger partial charge in [-0.1, -0.05) is 12.1 Å². The van der Waals surface area contributed by atoms with Crippen molar-refractivity contribution in [3.8, 4) is 5.75 Å². The van der Waals surface area contributed by atoms with Gasteiger partial charge in [0.15, 0.2) is 0 Å². The zero-order valence-corrected chi connectivity index (χ0v) is 12.7. The third-order valence-electron chi connectivity index (χ3n) is 3.27. The molecule has 1 aliphatic rings. The van der Waals surface area contributed by atoms with Crippen LogP contribution in [0.15, 0.2) is 24.3 Å². The van der Waals surface area contributed by atoms with E-state index in [4.69, 9.17) is 4.74 Å². The minimum Gasteiger partial charge on any atom is -0.491 e. The van der Waals surface area contributed by atoms with Crippen LogP contribution in [0.5, 0.6) is 5.75 Å². The number of nitrogens with one attached hydrogen (secondary N) is 1. The van der Waals surface area contributed by atoms with E-state index in [1.54, 1.807) is 32.3 Å². The summed E-state index contributed by atoms with van der Waals surface area (Å²) in [7, 11) is 3.22. The molecule has 118 valence electrons. The van der Waals surface area contributed by atoms with E-state index in [0.29, 0.717) is 11.4 Å². The molecule has 22 heavy (non-hydrogen) atoms. The lowest BCUT2D eigenvalue weighted by Crippen LogP contribution is -2.43. The van der Waals surface area contributed by atoms with E-state index in [1.807, 2.05) is 6.07 Å². The molecule has 0 fully saturated rings. The molecule has 1 N–H and O–H groups in total. The second-order valence-electron chi connectivity index (χ2n) is 5.11. The van der Waals surface area contributed by atoms with Gasteiger partial charge in [0.05, 0.1) is 25.3 Å². The molecule has 1 aromatic rings. The van der Waals surface area contributed by atoms with Crippen molar-refractivity contribution in [1.82, 2.24) is 10.2 Å². The summed E-state index contributed by atoms with van der Waals surface area (Å²) in [5.74, 6) is -0.205. The summed E-state index contributed by atoms with van der Waals surface area (Å²) in [6, 6.07) is 7.08. The monoisotopic (exact) mass is 305 g/mol. The van der Waals surface area contributed by atoms with E-state index in [0.717, 1.165) is 0 Å². The predicted molar refractivity (Wildman–Crippen MR) is 80.6 cm³/mol. The molecule has 1 aromatic carbocycles. The highest BCUT2D eigenvalue weighted by Crippen LogP contribution is 2.30. The summed E-state index contributed by atoms with van der Waals surface area (Å²) >= 11 is 0. The normalized spacial score (nSPS) is 13.7. The maximum atomic E-state index is 12.1. The van der Waals surface area contributed by atoms with Crippen molar-refractivity contribution in [2.45, 2.75) is 6.42 Å². The molecule has 0 bridgehead atoms. The predicted octanol–water partition coefficient (Wildman–Crippen LogP) is 0.00650. The molecule has 2 rings (SSSR count). The van der Waals surface area contributed by atoms with Gasteiger partial charge in [-0.3, -0.25) is 19.3 Å². The number of nitrogens with zero attached hydrogens (tertiary/aromatic N) is 2. The summed E-state index contributed by atoms with van der Waals surface area (Å²) in [4.78, 5) is 38.4. The minimum absolute atomic E-state index is 0.0913. The van der Waals surface area contributed by atoms with Gasteiger partial charge in [0.25, 0.3) is 0 Å². The minimum atomic E-state index is -0.389. The van der Waals surface area contributed by atoms with Gasteiger partial charge < -0.3 is 15.0 Å². The van der Waals surface area contributed by atoms with E-state index >= 15 is 0 Å². The van der Waals surface area contributed by atoms with Crippen molar-refractivity contribution in [2.75, 3.05) is 38.7 Å². The highest BCUT2D eigenvalue weighted by molar-refractivity contribution is 6.00.